The van der Waals surface area contributed by atoms with Gasteiger partial charge >= 0.3 is 0 Å². The van der Waals surface area contributed by atoms with Gasteiger partial charge in [-0.25, -0.2) is 0 Å². The summed E-state index contributed by atoms with van der Waals surface area (Å²) in [5.74, 6) is 0. The van der Waals surface area contributed by atoms with E-state index in [-0.39, 0.29) is 0 Å². The van der Waals surface area contributed by atoms with Gasteiger partial charge in [0, 0.05) is 15.1 Å². The quantitative estimate of drug-likeness (QED) is 0.744. The van der Waals surface area contributed by atoms with Crippen LogP contribution in [0.3, 0.4) is 0 Å². The topological polar surface area (TPSA) is 33.4 Å². The van der Waals surface area contributed by atoms with Crippen LogP contribution >= 0.6 is 11.3 Å². The maximum atomic E-state index is 10.6. The molecule has 1 N–H and O–H groups in total. The molecule has 3 heteroatoms. The molecule has 0 fully saturated rings. The molecular weight excluding hydrogens is 232 g/mol. The third kappa shape index (κ3) is 1.68. The van der Waals surface area contributed by atoms with E-state index in [0.717, 1.165) is 15.8 Å². The minimum Gasteiger partial charge on any atom is -0.472 e. The van der Waals surface area contributed by atoms with Gasteiger partial charge in [-0.3, -0.25) is 0 Å². The van der Waals surface area contributed by atoms with Gasteiger partial charge in [-0.2, -0.15) is 0 Å². The molecule has 0 amide bonds. The molecule has 0 aliphatic rings. The van der Waals surface area contributed by atoms with Crippen molar-refractivity contribution in [1.29, 1.82) is 0 Å². The Kier molecular flexibility index (Phi) is 2.31. The lowest BCUT2D eigenvalue weighted by Gasteiger charge is -2.19. The van der Waals surface area contributed by atoms with Gasteiger partial charge in [-0.1, -0.05) is 18.2 Å². The highest BCUT2D eigenvalue weighted by Gasteiger charge is 2.28. The Morgan fingerprint density at radius 3 is 2.76 bits per heavy atom. The molecule has 2 nitrogen and oxygen atoms in total. The third-order valence-corrected chi connectivity index (χ3v) is 4.32. The number of hydrogen-bond acceptors (Lipinski definition) is 3. The highest BCUT2D eigenvalue weighted by molar-refractivity contribution is 7.19. The van der Waals surface area contributed by atoms with E-state index >= 15 is 0 Å². The molecule has 0 radical (unpaired) electrons. The average molecular weight is 244 g/mol. The molecule has 3 rings (SSSR count). The molecule has 1 aromatic carbocycles. The van der Waals surface area contributed by atoms with Crippen molar-refractivity contribution in [3.05, 3.63) is 59.4 Å². The van der Waals surface area contributed by atoms with Crippen molar-refractivity contribution < 1.29 is 9.52 Å². The van der Waals surface area contributed by atoms with Crippen LogP contribution in [-0.2, 0) is 5.60 Å². The summed E-state index contributed by atoms with van der Waals surface area (Å²) in [5, 5.41) is 11.8. The van der Waals surface area contributed by atoms with Gasteiger partial charge < -0.3 is 9.52 Å². The molecule has 0 aliphatic heterocycles. The van der Waals surface area contributed by atoms with Crippen molar-refractivity contribution in [1.82, 2.24) is 0 Å². The van der Waals surface area contributed by atoms with Crippen molar-refractivity contribution in [2.75, 3.05) is 0 Å². The second-order valence-corrected chi connectivity index (χ2v) is 5.32. The molecule has 1 atom stereocenters. The summed E-state index contributed by atoms with van der Waals surface area (Å²) in [5.41, 5.74) is -0.208. The standard InChI is InChI=1S/C14H12O2S/c1-14(15,11-6-7-16-9-11)13-8-10-4-2-3-5-12(10)17-13/h2-9,15H,1H3. The number of furan rings is 1. The van der Waals surface area contributed by atoms with Gasteiger partial charge in [0.25, 0.3) is 0 Å². The molecule has 0 aliphatic carbocycles. The maximum absolute atomic E-state index is 10.6. The Morgan fingerprint density at radius 1 is 1.24 bits per heavy atom. The first-order valence-electron chi connectivity index (χ1n) is 5.42. The fourth-order valence-corrected chi connectivity index (χ4v) is 3.04. The number of rotatable bonds is 2. The Labute approximate surface area is 103 Å². The molecule has 3 aromatic rings. The van der Waals surface area contributed by atoms with Crippen molar-refractivity contribution in [2.45, 2.75) is 12.5 Å². The zero-order valence-electron chi connectivity index (χ0n) is 9.38. The lowest BCUT2D eigenvalue weighted by atomic mass is 9.97. The molecule has 1 unspecified atom stereocenters. The largest absolute Gasteiger partial charge is 0.472 e. The highest BCUT2D eigenvalue weighted by atomic mass is 32.1. The average Bonchev–Trinajstić information content (AvgIpc) is 2.98. The number of benzene rings is 1. The Morgan fingerprint density at radius 2 is 2.06 bits per heavy atom. The van der Waals surface area contributed by atoms with Crippen molar-refractivity contribution >= 4 is 21.4 Å². The van der Waals surface area contributed by atoms with E-state index in [4.69, 9.17) is 4.42 Å². The van der Waals surface area contributed by atoms with Gasteiger partial charge in [0.1, 0.15) is 5.60 Å². The van der Waals surface area contributed by atoms with Crippen LogP contribution in [0.2, 0.25) is 0 Å². The predicted molar refractivity (Wildman–Crippen MR) is 69.2 cm³/mol. The van der Waals surface area contributed by atoms with Crippen LogP contribution in [0.1, 0.15) is 17.4 Å². The number of hydrogen-bond donors (Lipinski definition) is 1. The monoisotopic (exact) mass is 244 g/mol. The second-order valence-electron chi connectivity index (χ2n) is 4.23. The summed E-state index contributed by atoms with van der Waals surface area (Å²) in [4.78, 5) is 0.931. The van der Waals surface area contributed by atoms with Crippen LogP contribution in [0.4, 0.5) is 0 Å². The first-order valence-corrected chi connectivity index (χ1v) is 6.24. The van der Waals surface area contributed by atoms with Gasteiger partial charge in [-0.15, -0.1) is 11.3 Å². The smallest absolute Gasteiger partial charge is 0.124 e. The predicted octanol–water partition coefficient (Wildman–Crippen LogP) is 3.75. The van der Waals surface area contributed by atoms with E-state index in [2.05, 4.69) is 12.1 Å². The normalized spacial score (nSPS) is 14.9. The molecule has 86 valence electrons. The summed E-state index contributed by atoms with van der Waals surface area (Å²) in [6.07, 6.45) is 3.17. The van der Waals surface area contributed by atoms with E-state index < -0.39 is 5.60 Å². The third-order valence-electron chi connectivity index (χ3n) is 2.99. The highest BCUT2D eigenvalue weighted by Crippen LogP contribution is 2.37. The van der Waals surface area contributed by atoms with Crippen LogP contribution in [0.25, 0.3) is 10.1 Å². The van der Waals surface area contributed by atoms with Crippen LogP contribution < -0.4 is 0 Å². The molecule has 2 aromatic heterocycles. The first kappa shape index (κ1) is 10.6. The maximum Gasteiger partial charge on any atom is 0.124 e. The van der Waals surface area contributed by atoms with E-state index in [1.165, 1.54) is 4.70 Å². The van der Waals surface area contributed by atoms with Crippen LogP contribution in [0.5, 0.6) is 0 Å². The van der Waals surface area contributed by atoms with Crippen molar-refractivity contribution in [2.24, 2.45) is 0 Å². The minimum absolute atomic E-state index is 0.782. The number of aliphatic hydroxyl groups is 1. The summed E-state index contributed by atoms with van der Waals surface area (Å²) in [7, 11) is 0. The fourth-order valence-electron chi connectivity index (χ4n) is 1.91. The van der Waals surface area contributed by atoms with Crippen LogP contribution in [0, 0.1) is 0 Å². The summed E-state index contributed by atoms with van der Waals surface area (Å²) in [6.45, 7) is 1.79. The Balaban J connectivity index is 2.15. The molecule has 0 spiro atoms. The lowest BCUT2D eigenvalue weighted by Crippen LogP contribution is -2.20. The summed E-state index contributed by atoms with van der Waals surface area (Å²) >= 11 is 1.61. The summed E-state index contributed by atoms with van der Waals surface area (Å²) in [6, 6.07) is 12.0. The lowest BCUT2D eigenvalue weighted by molar-refractivity contribution is 0.106. The van der Waals surface area contributed by atoms with Gasteiger partial charge in [0.15, 0.2) is 0 Å². The number of thiophene rings is 1. The van der Waals surface area contributed by atoms with Gasteiger partial charge in [0.05, 0.1) is 12.5 Å². The molecule has 0 saturated carbocycles. The summed E-state index contributed by atoms with van der Waals surface area (Å²) < 4.78 is 6.23. The molecule has 2 heterocycles. The SMILES string of the molecule is CC(O)(c1ccoc1)c1cc2ccccc2s1. The zero-order chi connectivity index (χ0) is 11.9. The molecule has 0 bridgehead atoms. The fraction of sp³-hybridized carbons (Fsp3) is 0.143. The Hall–Kier alpha value is -1.58. The van der Waals surface area contributed by atoms with E-state index in [0.29, 0.717) is 0 Å². The first-order chi connectivity index (χ1) is 8.18. The van der Waals surface area contributed by atoms with Crippen LogP contribution in [0.15, 0.2) is 53.3 Å². The van der Waals surface area contributed by atoms with Gasteiger partial charge in [-0.05, 0) is 30.5 Å². The van der Waals surface area contributed by atoms with E-state index in [9.17, 15) is 5.11 Å². The molecule has 17 heavy (non-hydrogen) atoms. The number of fused-ring (bicyclic) bond motifs is 1. The zero-order valence-corrected chi connectivity index (χ0v) is 10.2. The van der Waals surface area contributed by atoms with Gasteiger partial charge in [0.2, 0.25) is 0 Å². The van der Waals surface area contributed by atoms with Crippen molar-refractivity contribution in [3.63, 3.8) is 0 Å². The van der Waals surface area contributed by atoms with Crippen LogP contribution in [-0.4, -0.2) is 5.11 Å². The minimum atomic E-state index is -0.989. The van der Waals surface area contributed by atoms with E-state index in [1.807, 2.05) is 18.2 Å². The molecular formula is C14H12O2S. The van der Waals surface area contributed by atoms with E-state index in [1.54, 1.807) is 36.9 Å². The van der Waals surface area contributed by atoms with Crippen molar-refractivity contribution in [3.8, 4) is 0 Å². The second kappa shape index (κ2) is 3.72. The molecule has 0 saturated heterocycles. The Bertz CT molecular complexity index is 602.